The van der Waals surface area contributed by atoms with Gasteiger partial charge in [-0.1, -0.05) is 147 Å². The first-order chi connectivity index (χ1) is 24.5. The predicted octanol–water partition coefficient (Wildman–Crippen LogP) is 14.0. The fraction of sp³-hybridized carbons (Fsp3) is 0.413. The predicted molar refractivity (Wildman–Crippen MR) is 222 cm³/mol. The van der Waals surface area contributed by atoms with Crippen molar-refractivity contribution in [2.75, 3.05) is 0 Å². The summed E-state index contributed by atoms with van der Waals surface area (Å²) in [6.07, 6.45) is 5.76. The topological polar surface area (TPSA) is 57.0 Å². The Bertz CT molecular complexity index is 2150. The van der Waals surface area contributed by atoms with Gasteiger partial charge in [0.05, 0.1) is 0 Å². The van der Waals surface area contributed by atoms with Crippen LogP contribution in [-0.4, -0.2) is 21.8 Å². The maximum Gasteiger partial charge on any atom is 0.157 e. The Labute approximate surface area is 329 Å². The molecule has 2 aromatic heterocycles. The number of benzene rings is 4. The second kappa shape index (κ2) is 18.5. The number of hydrogen-bond donors (Lipinski definition) is 0. The largest absolute Gasteiger partial charge is 0.685 e. The van der Waals surface area contributed by atoms with Gasteiger partial charge in [0.2, 0.25) is 0 Å². The van der Waals surface area contributed by atoms with Gasteiger partial charge in [0, 0.05) is 47.7 Å². The molecule has 0 saturated heterocycles. The van der Waals surface area contributed by atoms with Crippen LogP contribution >= 0.6 is 11.3 Å². The summed E-state index contributed by atoms with van der Waals surface area (Å²) in [4.78, 5) is 23.4. The monoisotopic (exact) mass is 890 g/mol. The Morgan fingerprint density at radius 1 is 0.769 bits per heavy atom. The number of ketones is 1. The van der Waals surface area contributed by atoms with E-state index < -0.39 is 0 Å². The molecule has 52 heavy (non-hydrogen) atoms. The molecule has 277 valence electrons. The summed E-state index contributed by atoms with van der Waals surface area (Å²) in [5.74, 6) is 2.41. The molecule has 0 aliphatic rings. The summed E-state index contributed by atoms with van der Waals surface area (Å²) in [7, 11) is 0. The van der Waals surface area contributed by atoms with Gasteiger partial charge in [0.15, 0.2) is 5.78 Å². The molecule has 0 aliphatic heterocycles. The number of carbonyl (C=O) groups is 1. The van der Waals surface area contributed by atoms with Crippen molar-refractivity contribution >= 4 is 59.0 Å². The maximum atomic E-state index is 12.2. The summed E-state index contributed by atoms with van der Waals surface area (Å²) in [5, 5.41) is 12.0. The van der Waals surface area contributed by atoms with Gasteiger partial charge in [-0.05, 0) is 53.1 Å². The summed E-state index contributed by atoms with van der Waals surface area (Å²) >= 11 is 1.77. The SMILES string of the molecule is CC(C)c1nc(-c2[c-]cc(C(C)C)c3ccccc23)c2c(n1)sc1cc3ccccc3cc12.CCC(CC)C(=O)/C=C(\[N-]C(C)C)C(CC)CC.[Ir]. The molecule has 0 fully saturated rings. The second-order valence-electron chi connectivity index (χ2n) is 14.6. The summed E-state index contributed by atoms with van der Waals surface area (Å²) in [5.41, 5.74) is 4.39. The maximum absolute atomic E-state index is 12.2. The Hall–Kier alpha value is -3.44. The molecule has 4 nitrogen and oxygen atoms in total. The zero-order valence-electron chi connectivity index (χ0n) is 32.6. The zero-order chi connectivity index (χ0) is 36.8. The van der Waals surface area contributed by atoms with E-state index in [4.69, 9.17) is 9.97 Å². The summed E-state index contributed by atoms with van der Waals surface area (Å²) in [6.45, 7) is 21.4. The van der Waals surface area contributed by atoms with Crippen molar-refractivity contribution in [1.29, 1.82) is 0 Å². The molecule has 0 bridgehead atoms. The van der Waals surface area contributed by atoms with Crippen LogP contribution in [0, 0.1) is 17.9 Å². The quantitative estimate of drug-likeness (QED) is 0.0908. The first-order valence-electron chi connectivity index (χ1n) is 19.0. The van der Waals surface area contributed by atoms with Crippen molar-refractivity contribution in [2.24, 2.45) is 11.8 Å². The van der Waals surface area contributed by atoms with Crippen LogP contribution in [0.5, 0.6) is 0 Å². The number of rotatable bonds is 12. The van der Waals surface area contributed by atoms with E-state index in [1.807, 2.05) is 6.08 Å². The third-order valence-electron chi connectivity index (χ3n) is 9.96. The number of aromatic nitrogens is 2. The second-order valence-corrected chi connectivity index (χ2v) is 15.6. The Morgan fingerprint density at radius 3 is 1.94 bits per heavy atom. The number of hydrogen-bond acceptors (Lipinski definition) is 4. The van der Waals surface area contributed by atoms with Gasteiger partial charge in [0.1, 0.15) is 10.7 Å². The van der Waals surface area contributed by atoms with Crippen LogP contribution in [-0.2, 0) is 24.9 Å². The van der Waals surface area contributed by atoms with Crippen molar-refractivity contribution in [3.8, 4) is 11.3 Å². The summed E-state index contributed by atoms with van der Waals surface area (Å²) < 4.78 is 1.25. The third kappa shape index (κ3) is 9.01. The van der Waals surface area contributed by atoms with E-state index >= 15 is 0 Å². The molecule has 0 N–H and O–H groups in total. The van der Waals surface area contributed by atoms with Crippen LogP contribution in [0.3, 0.4) is 0 Å². The third-order valence-corrected chi connectivity index (χ3v) is 11.0. The molecule has 0 unspecified atom stereocenters. The number of thiophene rings is 1. The van der Waals surface area contributed by atoms with Crippen molar-refractivity contribution in [3.63, 3.8) is 0 Å². The van der Waals surface area contributed by atoms with Gasteiger partial charge >= 0.3 is 0 Å². The van der Waals surface area contributed by atoms with Gasteiger partial charge in [0.25, 0.3) is 0 Å². The molecule has 0 atom stereocenters. The molecular weight excluding hydrogens is 835 g/mol. The van der Waals surface area contributed by atoms with E-state index in [-0.39, 0.29) is 43.8 Å². The molecule has 6 heteroatoms. The Balaban J connectivity index is 0.000000275. The molecule has 6 aromatic rings. The van der Waals surface area contributed by atoms with E-state index in [9.17, 15) is 4.79 Å². The van der Waals surface area contributed by atoms with Gasteiger partial charge in [-0.3, -0.25) is 9.78 Å². The molecule has 2 heterocycles. The zero-order valence-corrected chi connectivity index (χ0v) is 35.8. The molecule has 0 amide bonds. The van der Waals surface area contributed by atoms with Crippen molar-refractivity contribution in [1.82, 2.24) is 9.97 Å². The first-order valence-corrected chi connectivity index (χ1v) is 19.8. The van der Waals surface area contributed by atoms with Crippen molar-refractivity contribution in [3.05, 3.63) is 101 Å². The minimum Gasteiger partial charge on any atom is -0.685 e. The summed E-state index contributed by atoms with van der Waals surface area (Å²) in [6, 6.07) is 27.9. The number of fused-ring (bicyclic) bond motifs is 5. The number of carbonyl (C=O) groups excluding carboxylic acids is 1. The van der Waals surface area contributed by atoms with Crippen LogP contribution in [0.1, 0.15) is 118 Å². The number of nitrogens with zero attached hydrogens (tertiary/aromatic N) is 3. The molecule has 6 rings (SSSR count). The molecule has 1 radical (unpaired) electrons. The molecule has 0 aliphatic carbocycles. The van der Waals surface area contributed by atoms with E-state index in [0.29, 0.717) is 11.8 Å². The van der Waals surface area contributed by atoms with Crippen LogP contribution in [0.4, 0.5) is 0 Å². The fourth-order valence-electron chi connectivity index (χ4n) is 6.97. The standard InChI is InChI=1S/C30H25N2S.C16H31NO.Ir/c1-17(2)21-13-14-24(23-12-8-7-11-22(21)23)28-27-25-15-19-9-5-6-10-20(19)16-26(25)33-30(27)32-29(31-28)18(3)4;1-7-13(8-2)15(17-12(5)6)11-16(18)14(9-3)10-4;/h5-13,15-18H,1-4H3;11-14H,7-10H2,1-6H3,(H,17,18);/q-1;;/p-1. The van der Waals surface area contributed by atoms with Crippen molar-refractivity contribution in [2.45, 2.75) is 113 Å². The molecular formula is C46H55IrN3OS-2. The first kappa shape index (κ1) is 41.3. The minimum absolute atomic E-state index is 0. The van der Waals surface area contributed by atoms with Crippen LogP contribution < -0.4 is 0 Å². The van der Waals surface area contributed by atoms with Crippen molar-refractivity contribution < 1.29 is 24.9 Å². The van der Waals surface area contributed by atoms with E-state index in [2.05, 4.69) is 147 Å². The van der Waals surface area contributed by atoms with Gasteiger partial charge in [-0.15, -0.1) is 40.6 Å². The average molecular weight is 890 g/mol. The number of allylic oxidation sites excluding steroid dienone is 2. The smallest absolute Gasteiger partial charge is 0.157 e. The fourth-order valence-corrected chi connectivity index (χ4v) is 8.08. The van der Waals surface area contributed by atoms with Gasteiger partial charge in [-0.2, -0.15) is 5.70 Å². The van der Waals surface area contributed by atoms with Gasteiger partial charge < -0.3 is 5.32 Å². The minimum atomic E-state index is 0. The molecule has 0 spiro atoms. The van der Waals surface area contributed by atoms with E-state index in [0.717, 1.165) is 58.7 Å². The molecule has 0 saturated carbocycles. The van der Waals surface area contributed by atoms with E-state index in [1.165, 1.54) is 37.2 Å². The van der Waals surface area contributed by atoms with Crippen LogP contribution in [0.2, 0.25) is 0 Å². The Kier molecular flexibility index (Phi) is 14.7. The Morgan fingerprint density at radius 2 is 1.37 bits per heavy atom. The normalized spacial score (nSPS) is 12.1. The van der Waals surface area contributed by atoms with Gasteiger partial charge in [-0.25, -0.2) is 4.98 Å². The van der Waals surface area contributed by atoms with E-state index in [1.54, 1.807) is 11.3 Å². The average Bonchev–Trinajstić information content (AvgIpc) is 3.48. The van der Waals surface area contributed by atoms with Crippen LogP contribution in [0.25, 0.3) is 58.4 Å². The van der Waals surface area contributed by atoms with Crippen LogP contribution in [0.15, 0.2) is 78.5 Å². The molecule has 4 aromatic carbocycles.